The molecule has 54 heavy (non-hydrogen) atoms. The van der Waals surface area contributed by atoms with E-state index in [9.17, 15) is 4.79 Å². The normalized spacial score (nSPS) is 32.0. The standard InChI is InChI=1S/C46H61ClN4O2S/c1-26(2)10-9-11-27(3)36-18-19-37-35-17-14-32-24-34(20-22-45(32,7)38(35)21-23-46(36,37)8)53-40(52)25-39-43-50-49-30(6)51(43)44-41(28(4)29(5)54-44)42(48-39)31-12-15-33(47)16-13-31/h12-16,26-27,34-39H,9-11,17-25H2,1-8H3/t27?,34-,35-,36+,37-,38-,39-,45-,46+/m0/s1. The Labute approximate surface area is 332 Å². The van der Waals surface area contributed by atoms with E-state index in [1.54, 1.807) is 16.9 Å². The summed E-state index contributed by atoms with van der Waals surface area (Å²) in [5.74, 6) is 6.18. The second kappa shape index (κ2) is 14.6. The SMILES string of the molecule is Cc1sc2c(c1C)C(c1ccc(Cl)cc1)=N[C@@H](CC(=O)O[C@H]1CC[C@@]3(C)C(=CC[C@H]4[C@@H]5CC[C@H](C(C)CCCC(C)C)[C@@]5(C)CC[C@@H]43)C1)c1nnc(C)n1-2. The largest absolute Gasteiger partial charge is 0.462 e. The second-order valence-electron chi connectivity index (χ2n) is 18.8. The van der Waals surface area contributed by atoms with Crippen LogP contribution in [0.15, 0.2) is 40.9 Å². The van der Waals surface area contributed by atoms with Crippen LogP contribution >= 0.6 is 22.9 Å². The third kappa shape index (κ3) is 6.55. The van der Waals surface area contributed by atoms with Gasteiger partial charge < -0.3 is 4.74 Å². The molecule has 0 radical (unpaired) electrons. The smallest absolute Gasteiger partial charge is 0.308 e. The second-order valence-corrected chi connectivity index (χ2v) is 20.4. The number of carbonyl (C=O) groups is 1. The van der Waals surface area contributed by atoms with Crippen LogP contribution in [0.25, 0.3) is 5.00 Å². The van der Waals surface area contributed by atoms with Crippen molar-refractivity contribution < 1.29 is 9.53 Å². The molecule has 0 N–H and O–H groups in total. The van der Waals surface area contributed by atoms with Gasteiger partial charge in [-0.25, -0.2) is 0 Å². The highest BCUT2D eigenvalue weighted by Gasteiger charge is 2.59. The Hall–Kier alpha value is -2.77. The van der Waals surface area contributed by atoms with Gasteiger partial charge >= 0.3 is 5.97 Å². The van der Waals surface area contributed by atoms with Crippen molar-refractivity contribution in [1.82, 2.24) is 14.8 Å². The first-order valence-corrected chi connectivity index (χ1v) is 22.2. The van der Waals surface area contributed by atoms with E-state index in [-0.39, 0.29) is 23.9 Å². The molecule has 3 fully saturated rings. The summed E-state index contributed by atoms with van der Waals surface area (Å²) in [6, 6.07) is 7.32. The van der Waals surface area contributed by atoms with Gasteiger partial charge in [0.15, 0.2) is 5.82 Å². The molecule has 1 unspecified atom stereocenters. The zero-order valence-electron chi connectivity index (χ0n) is 33.9. The van der Waals surface area contributed by atoms with Crippen molar-refractivity contribution in [3.63, 3.8) is 0 Å². The Kier molecular flexibility index (Phi) is 10.3. The molecule has 3 heterocycles. The molecule has 1 aromatic carbocycles. The van der Waals surface area contributed by atoms with Crippen LogP contribution in [-0.2, 0) is 9.53 Å². The minimum Gasteiger partial charge on any atom is -0.462 e. The summed E-state index contributed by atoms with van der Waals surface area (Å²) in [5.41, 5.74) is 6.34. The van der Waals surface area contributed by atoms with Gasteiger partial charge in [0.05, 0.1) is 12.1 Å². The number of nitrogens with zero attached hydrogens (tertiary/aromatic N) is 4. The van der Waals surface area contributed by atoms with Gasteiger partial charge in [-0.05, 0) is 130 Å². The average Bonchev–Trinajstić information content (AvgIpc) is 3.75. The van der Waals surface area contributed by atoms with Crippen LogP contribution in [0.4, 0.5) is 0 Å². The van der Waals surface area contributed by atoms with Crippen molar-refractivity contribution in [2.45, 2.75) is 145 Å². The molecule has 4 aliphatic carbocycles. The Bertz CT molecular complexity index is 1960. The first-order chi connectivity index (χ1) is 25.8. The maximum Gasteiger partial charge on any atom is 0.308 e. The van der Waals surface area contributed by atoms with E-state index >= 15 is 0 Å². The van der Waals surface area contributed by atoms with Crippen molar-refractivity contribution >= 4 is 34.6 Å². The first-order valence-electron chi connectivity index (χ1n) is 21.0. The van der Waals surface area contributed by atoms with E-state index in [4.69, 9.17) is 21.3 Å². The molecule has 0 bridgehead atoms. The Balaban J connectivity index is 0.979. The molecule has 2 aromatic heterocycles. The van der Waals surface area contributed by atoms with Crippen molar-refractivity contribution in [3.05, 3.63) is 74.2 Å². The molecule has 0 saturated heterocycles. The van der Waals surface area contributed by atoms with Gasteiger partial charge in [-0.2, -0.15) is 0 Å². The van der Waals surface area contributed by atoms with Crippen molar-refractivity contribution in [2.24, 2.45) is 51.3 Å². The third-order valence-corrected chi connectivity index (χ3v) is 16.7. The summed E-state index contributed by atoms with van der Waals surface area (Å²) >= 11 is 8.03. The summed E-state index contributed by atoms with van der Waals surface area (Å²) in [5, 5.41) is 10.8. The number of esters is 1. The highest BCUT2D eigenvalue weighted by atomic mass is 35.5. The Morgan fingerprint density at radius 3 is 2.54 bits per heavy atom. The number of hydrogen-bond donors (Lipinski definition) is 0. The average molecular weight is 770 g/mol. The molecule has 5 aliphatic rings. The number of aromatic nitrogens is 3. The lowest BCUT2D eigenvalue weighted by molar-refractivity contribution is -0.152. The van der Waals surface area contributed by atoms with Gasteiger partial charge in [0, 0.05) is 27.4 Å². The van der Waals surface area contributed by atoms with Gasteiger partial charge in [0.1, 0.15) is 23.0 Å². The molecule has 3 aromatic rings. The Morgan fingerprint density at radius 1 is 1.00 bits per heavy atom. The van der Waals surface area contributed by atoms with Crippen LogP contribution in [0.1, 0.15) is 151 Å². The fourth-order valence-electron chi connectivity index (χ4n) is 12.3. The number of halogens is 1. The van der Waals surface area contributed by atoms with Gasteiger partial charge in [0.25, 0.3) is 0 Å². The quantitative estimate of drug-likeness (QED) is 0.161. The predicted octanol–water partition coefficient (Wildman–Crippen LogP) is 12.1. The lowest BCUT2D eigenvalue weighted by atomic mass is 9.47. The summed E-state index contributed by atoms with van der Waals surface area (Å²) < 4.78 is 8.50. The number of aliphatic imine (C=N–C) groups is 1. The van der Waals surface area contributed by atoms with Gasteiger partial charge in [0.2, 0.25) is 0 Å². The molecule has 3 saturated carbocycles. The summed E-state index contributed by atoms with van der Waals surface area (Å²) in [6.07, 6.45) is 16.4. The minimum absolute atomic E-state index is 0.0959. The van der Waals surface area contributed by atoms with Crippen LogP contribution in [-0.4, -0.2) is 32.5 Å². The number of allylic oxidation sites excluding steroid dienone is 1. The summed E-state index contributed by atoms with van der Waals surface area (Å²) in [6.45, 7) is 18.8. The minimum atomic E-state index is -0.517. The van der Waals surface area contributed by atoms with Crippen LogP contribution in [0.3, 0.4) is 0 Å². The number of thiophene rings is 1. The van der Waals surface area contributed by atoms with Crippen molar-refractivity contribution in [3.8, 4) is 5.00 Å². The number of rotatable bonds is 9. The van der Waals surface area contributed by atoms with Gasteiger partial charge in [-0.15, -0.1) is 21.5 Å². The summed E-state index contributed by atoms with van der Waals surface area (Å²) in [7, 11) is 0. The molecule has 8 heteroatoms. The van der Waals surface area contributed by atoms with E-state index in [0.29, 0.717) is 16.3 Å². The number of fused-ring (bicyclic) bond motifs is 8. The topological polar surface area (TPSA) is 69.4 Å². The number of carbonyl (C=O) groups excluding carboxylic acids is 1. The molecule has 290 valence electrons. The zero-order valence-corrected chi connectivity index (χ0v) is 35.5. The maximum atomic E-state index is 14.0. The third-order valence-electron chi connectivity index (χ3n) is 15.3. The fourth-order valence-corrected chi connectivity index (χ4v) is 13.6. The van der Waals surface area contributed by atoms with E-state index < -0.39 is 6.04 Å². The monoisotopic (exact) mass is 768 g/mol. The van der Waals surface area contributed by atoms with Gasteiger partial charge in [-0.3, -0.25) is 14.4 Å². The number of ether oxygens (including phenoxy) is 1. The first kappa shape index (κ1) is 38.1. The molecule has 6 nitrogen and oxygen atoms in total. The Morgan fingerprint density at radius 2 is 1.78 bits per heavy atom. The highest BCUT2D eigenvalue weighted by Crippen LogP contribution is 2.67. The highest BCUT2D eigenvalue weighted by molar-refractivity contribution is 7.15. The van der Waals surface area contributed by atoms with Crippen LogP contribution < -0.4 is 0 Å². The van der Waals surface area contributed by atoms with E-state index in [0.717, 1.165) is 82.4 Å². The van der Waals surface area contributed by atoms with Gasteiger partial charge in [-0.1, -0.05) is 89.3 Å². The van der Waals surface area contributed by atoms with E-state index in [1.807, 2.05) is 31.2 Å². The molecule has 1 aliphatic heterocycles. The van der Waals surface area contributed by atoms with Crippen molar-refractivity contribution in [2.75, 3.05) is 0 Å². The number of aryl methyl sites for hydroxylation is 2. The van der Waals surface area contributed by atoms with Crippen LogP contribution in [0.5, 0.6) is 0 Å². The molecule has 8 rings (SSSR count). The van der Waals surface area contributed by atoms with Crippen LogP contribution in [0, 0.1) is 67.1 Å². The number of benzene rings is 1. The molecule has 0 amide bonds. The van der Waals surface area contributed by atoms with E-state index in [2.05, 4.69) is 69.3 Å². The van der Waals surface area contributed by atoms with Crippen LogP contribution in [0.2, 0.25) is 5.02 Å². The molecular weight excluding hydrogens is 708 g/mol. The molecule has 9 atom stereocenters. The van der Waals surface area contributed by atoms with E-state index in [1.165, 1.54) is 61.8 Å². The lowest BCUT2D eigenvalue weighted by Gasteiger charge is -2.58. The van der Waals surface area contributed by atoms with Crippen molar-refractivity contribution in [1.29, 1.82) is 0 Å². The maximum absolute atomic E-state index is 14.0. The number of hydrogen-bond acceptors (Lipinski definition) is 6. The zero-order chi connectivity index (χ0) is 38.1. The summed E-state index contributed by atoms with van der Waals surface area (Å²) in [4.78, 5) is 20.5. The predicted molar refractivity (Wildman–Crippen MR) is 221 cm³/mol. The molecule has 0 spiro atoms. The lowest BCUT2D eigenvalue weighted by Crippen LogP contribution is -2.51. The fraction of sp³-hybridized carbons (Fsp3) is 0.652. The molecular formula is C46H61ClN4O2S.